The van der Waals surface area contributed by atoms with E-state index in [1.807, 2.05) is 0 Å². The molecule has 0 aliphatic carbocycles. The van der Waals surface area contributed by atoms with Crippen LogP contribution < -0.4 is 10.6 Å². The van der Waals surface area contributed by atoms with Crippen LogP contribution in [0.2, 0.25) is 0 Å². The Balaban J connectivity index is 1.15. The summed E-state index contributed by atoms with van der Waals surface area (Å²) in [7, 11) is 0. The van der Waals surface area contributed by atoms with Crippen molar-refractivity contribution >= 4 is 11.8 Å². The van der Waals surface area contributed by atoms with E-state index in [1.54, 1.807) is 0 Å². The van der Waals surface area contributed by atoms with Gasteiger partial charge in [-0.15, -0.1) is 0 Å². The third kappa shape index (κ3) is 17.0. The van der Waals surface area contributed by atoms with Crippen molar-refractivity contribution in [3.63, 3.8) is 0 Å². The second-order valence-electron chi connectivity index (χ2n) is 23.9. The molecule has 0 aromatic rings. The summed E-state index contributed by atoms with van der Waals surface area (Å²) in [6, 6.07) is -3.47. The molecule has 0 saturated carbocycles. The van der Waals surface area contributed by atoms with Gasteiger partial charge in [-0.25, -0.2) is 0 Å². The van der Waals surface area contributed by atoms with Crippen molar-refractivity contribution in [2.24, 2.45) is 0 Å². The van der Waals surface area contributed by atoms with Crippen LogP contribution in [0.1, 0.15) is 13.8 Å². The number of carbonyl (C=O) groups excluding carboxylic acids is 2. The second-order valence-corrected chi connectivity index (χ2v) is 23.9. The Hall–Kier alpha value is -2.62. The lowest BCUT2D eigenvalue weighted by atomic mass is 9.94. The largest absolute Gasteiger partial charge is 0.394 e. The molecule has 8 fully saturated rings. The van der Waals surface area contributed by atoms with Gasteiger partial charge in [-0.2, -0.15) is 0 Å². The average Bonchev–Trinajstić information content (AvgIpc) is 1.37. The highest BCUT2D eigenvalue weighted by Gasteiger charge is 2.60. The molecule has 43 heteroatoms. The summed E-state index contributed by atoms with van der Waals surface area (Å²) < 4.78 is 87.6. The van der Waals surface area contributed by atoms with Gasteiger partial charge in [0.1, 0.15) is 195 Å². The minimum absolute atomic E-state index is 0.763. The first-order valence-corrected chi connectivity index (χ1v) is 30.1. The Labute approximate surface area is 536 Å². The summed E-state index contributed by atoms with van der Waals surface area (Å²) in [5.74, 6) is -1.67. The molecule has 8 aliphatic rings. The van der Waals surface area contributed by atoms with E-state index < -0.39 is 310 Å². The summed E-state index contributed by atoms with van der Waals surface area (Å²) in [5, 5.41) is 266. The number of amides is 2. The van der Waals surface area contributed by atoms with E-state index in [2.05, 4.69) is 10.6 Å². The van der Waals surface area contributed by atoms with Crippen LogP contribution in [0.3, 0.4) is 0 Å². The predicted molar refractivity (Wildman–Crippen MR) is 288 cm³/mol. The molecule has 40 unspecified atom stereocenters. The van der Waals surface area contributed by atoms with Crippen molar-refractivity contribution in [1.82, 2.24) is 10.6 Å². The Bertz CT molecular complexity index is 2380. The van der Waals surface area contributed by atoms with Gasteiger partial charge in [0, 0.05) is 13.8 Å². The van der Waals surface area contributed by atoms with Crippen molar-refractivity contribution in [1.29, 1.82) is 0 Å². The summed E-state index contributed by atoms with van der Waals surface area (Å²) in [6.07, 6.45) is -78.4. The number of aliphatic hydroxyl groups excluding tert-OH is 24. The standard InChI is InChI=1S/C52H88N2O41/c1-11(61)53-21-28(69)40(17(7-59)83-45(21)80)91-46-22(54-12(2)62)29(70)41(18(8-60)87-46)92-51-38(79)42(93-48-35(76)31(72)24(65)15(5-57)85-48)26(67)19(88-51)10-82-52-44(95-50-37(78)33(74)39(90-50)13(63)3-55)43(94-49-36(77)32(73)25(66)16(6-58)86-49)27(68)20(89-52)9-81-47-34(75)30(71)23(64)14(4-56)84-47/h13-52,55-60,63-80H,3-10H2,1-2H3,(H,53,61)(H,54,62). The van der Waals surface area contributed by atoms with Crippen molar-refractivity contribution in [2.75, 3.05) is 52.9 Å². The molecule has 0 radical (unpaired) electrons. The highest BCUT2D eigenvalue weighted by atomic mass is 16.8. The molecule has 0 aromatic heterocycles. The SMILES string of the molecule is CC(=O)NC1C(O)OC(CO)C(OC2OC(CO)C(OC3OC(COC4OC(COC5OC(CO)C(O)C(O)C5O)C(O)C(OC5OC(CO)C(O)C(O)C5O)C4OC4OC(C(O)CO)C(O)C4O)C(O)C(OC4OC(CO)C(O)C(O)C4O)C3O)C(O)C2NC(C)=O)C1O. The highest BCUT2D eigenvalue weighted by Crippen LogP contribution is 2.39. The summed E-state index contributed by atoms with van der Waals surface area (Å²) in [4.78, 5) is 24.8. The third-order valence-electron chi connectivity index (χ3n) is 17.4. The van der Waals surface area contributed by atoms with Crippen LogP contribution >= 0.6 is 0 Å². The Morgan fingerprint density at radius 1 is 0.326 bits per heavy atom. The first-order valence-electron chi connectivity index (χ1n) is 30.1. The van der Waals surface area contributed by atoms with Gasteiger partial charge in [0.15, 0.2) is 50.3 Å². The molecule has 40 atom stereocenters. The molecular weight excluding hydrogens is 1310 g/mol. The van der Waals surface area contributed by atoms with Crippen LogP contribution in [-0.2, 0) is 80.6 Å². The van der Waals surface area contributed by atoms with E-state index in [-0.39, 0.29) is 0 Å². The second kappa shape index (κ2) is 33.9. The zero-order valence-corrected chi connectivity index (χ0v) is 50.4. The molecule has 8 saturated heterocycles. The van der Waals surface area contributed by atoms with Crippen molar-refractivity contribution < 1.29 is 203 Å². The number of rotatable bonds is 25. The van der Waals surface area contributed by atoms with Gasteiger partial charge in [-0.1, -0.05) is 0 Å². The Morgan fingerprint density at radius 3 is 1.17 bits per heavy atom. The lowest BCUT2D eigenvalue weighted by molar-refractivity contribution is -0.394. The maximum atomic E-state index is 12.8. The monoisotopic (exact) mass is 1400 g/mol. The minimum Gasteiger partial charge on any atom is -0.394 e. The van der Waals surface area contributed by atoms with Gasteiger partial charge in [0.05, 0.1) is 52.9 Å². The zero-order valence-electron chi connectivity index (χ0n) is 50.4. The van der Waals surface area contributed by atoms with Crippen LogP contribution in [0.25, 0.3) is 0 Å². The Morgan fingerprint density at radius 2 is 0.674 bits per heavy atom. The molecule has 2 amide bonds. The molecule has 8 rings (SSSR count). The number of carbonyl (C=O) groups is 2. The fraction of sp³-hybridized carbons (Fsp3) is 0.962. The average molecular weight is 1400 g/mol. The fourth-order valence-electron chi connectivity index (χ4n) is 12.1. The van der Waals surface area contributed by atoms with Gasteiger partial charge in [-0.3, -0.25) is 9.59 Å². The number of nitrogens with one attached hydrogen (secondary N) is 2. The third-order valence-corrected chi connectivity index (χ3v) is 17.4. The van der Waals surface area contributed by atoms with E-state index in [9.17, 15) is 132 Å². The molecule has 8 heterocycles. The first-order chi connectivity index (χ1) is 44.9. The smallest absolute Gasteiger partial charge is 0.217 e. The van der Waals surface area contributed by atoms with Gasteiger partial charge in [-0.05, 0) is 0 Å². The molecular formula is C52H88N2O41. The summed E-state index contributed by atoms with van der Waals surface area (Å²) in [6.45, 7) is -6.44. The maximum absolute atomic E-state index is 12.8. The van der Waals surface area contributed by atoms with Crippen LogP contribution in [0.5, 0.6) is 0 Å². The maximum Gasteiger partial charge on any atom is 0.217 e. The van der Waals surface area contributed by atoms with E-state index in [4.69, 9.17) is 71.1 Å². The van der Waals surface area contributed by atoms with Crippen molar-refractivity contribution in [3.05, 3.63) is 0 Å². The van der Waals surface area contributed by atoms with Gasteiger partial charge in [0.2, 0.25) is 11.8 Å². The van der Waals surface area contributed by atoms with Crippen LogP contribution in [0.4, 0.5) is 0 Å². The molecule has 26 N–H and O–H groups in total. The minimum atomic E-state index is -2.43. The highest BCUT2D eigenvalue weighted by molar-refractivity contribution is 5.73. The van der Waals surface area contributed by atoms with Crippen molar-refractivity contribution in [3.8, 4) is 0 Å². The van der Waals surface area contributed by atoms with E-state index in [0.29, 0.717) is 0 Å². The predicted octanol–water partition coefficient (Wildman–Crippen LogP) is -18.2. The molecule has 95 heavy (non-hydrogen) atoms. The molecule has 0 aromatic carbocycles. The van der Waals surface area contributed by atoms with Crippen LogP contribution in [0.15, 0.2) is 0 Å². The number of hydrogen-bond acceptors (Lipinski definition) is 41. The number of hydrogen-bond donors (Lipinski definition) is 26. The topological polar surface area (TPSA) is 682 Å². The number of aliphatic hydroxyl groups is 24. The van der Waals surface area contributed by atoms with E-state index in [1.165, 1.54) is 0 Å². The van der Waals surface area contributed by atoms with Crippen molar-refractivity contribution in [2.45, 2.75) is 259 Å². The first kappa shape index (κ1) is 78.1. The molecule has 0 bridgehead atoms. The van der Waals surface area contributed by atoms with Crippen LogP contribution in [0, 0.1) is 0 Å². The molecule has 552 valence electrons. The summed E-state index contributed by atoms with van der Waals surface area (Å²) in [5.41, 5.74) is 0. The quantitative estimate of drug-likeness (QED) is 0.0404. The van der Waals surface area contributed by atoms with E-state index >= 15 is 0 Å². The lowest BCUT2D eigenvalue weighted by Gasteiger charge is -2.50. The lowest BCUT2D eigenvalue weighted by Crippen LogP contribution is -2.70. The van der Waals surface area contributed by atoms with Gasteiger partial charge in [0.25, 0.3) is 0 Å². The van der Waals surface area contributed by atoms with Gasteiger partial charge >= 0.3 is 0 Å². The van der Waals surface area contributed by atoms with Gasteiger partial charge < -0.3 is 204 Å². The normalized spacial score (nSPS) is 50.2. The summed E-state index contributed by atoms with van der Waals surface area (Å²) >= 11 is 0. The zero-order chi connectivity index (χ0) is 69.9. The molecule has 8 aliphatic heterocycles. The van der Waals surface area contributed by atoms with Crippen LogP contribution in [-0.4, -0.2) is 433 Å². The molecule has 0 spiro atoms. The number of ether oxygens (including phenoxy) is 15. The van der Waals surface area contributed by atoms with E-state index in [0.717, 1.165) is 13.8 Å². The Kier molecular flexibility index (Phi) is 27.9. The molecule has 43 nitrogen and oxygen atoms in total. The fourth-order valence-corrected chi connectivity index (χ4v) is 12.1.